The Morgan fingerprint density at radius 3 is 2.50 bits per heavy atom. The first kappa shape index (κ1) is 18.6. The van der Waals surface area contributed by atoms with E-state index in [1.54, 1.807) is 6.20 Å². The van der Waals surface area contributed by atoms with Crippen molar-refractivity contribution >= 4 is 28.8 Å². The van der Waals surface area contributed by atoms with Gasteiger partial charge >= 0.3 is 0 Å². The third kappa shape index (κ3) is 2.98. The molecule has 3 aliphatic rings. The number of benzene rings is 1. The van der Waals surface area contributed by atoms with Crippen LogP contribution in [-0.4, -0.2) is 46.2 Å². The minimum absolute atomic E-state index is 0.220. The first-order valence-electron chi connectivity index (χ1n) is 9.77. The van der Waals surface area contributed by atoms with E-state index in [2.05, 4.69) is 4.98 Å². The van der Waals surface area contributed by atoms with Crippen molar-refractivity contribution < 1.29 is 14.6 Å². The summed E-state index contributed by atoms with van der Waals surface area (Å²) in [5.41, 5.74) is -0.652. The Labute approximate surface area is 173 Å². The van der Waals surface area contributed by atoms with Gasteiger partial charge in [-0.3, -0.25) is 4.79 Å². The fraction of sp³-hybridized carbons (Fsp3) is 0.524. The highest BCUT2D eigenvalue weighted by Gasteiger charge is 2.56. The normalized spacial score (nSPS) is 27.9. The fourth-order valence-electron chi connectivity index (χ4n) is 4.76. The molecule has 1 spiro atoms. The molecular weight excluding hydrogens is 396 g/mol. The first-order chi connectivity index (χ1) is 13.4. The third-order valence-corrected chi connectivity index (χ3v) is 7.80. The Morgan fingerprint density at radius 2 is 1.89 bits per heavy atom. The largest absolute Gasteiger partial charge is 0.380 e. The predicted octanol–water partition coefficient (Wildman–Crippen LogP) is 3.50. The Hall–Kier alpha value is -1.47. The number of aromatic nitrogens is 1. The summed E-state index contributed by atoms with van der Waals surface area (Å²) in [4.78, 5) is 19.5. The minimum atomic E-state index is -0.999. The molecule has 1 N–H and O–H groups in total. The van der Waals surface area contributed by atoms with E-state index in [4.69, 9.17) is 16.3 Å². The molecule has 1 aliphatic carbocycles. The van der Waals surface area contributed by atoms with Crippen molar-refractivity contribution in [3.05, 3.63) is 51.4 Å². The number of nitrogens with zero attached hydrogens (tertiary/aromatic N) is 2. The second kappa shape index (κ2) is 6.52. The van der Waals surface area contributed by atoms with Gasteiger partial charge in [0.2, 0.25) is 5.91 Å². The highest BCUT2D eigenvalue weighted by molar-refractivity contribution is 7.09. The van der Waals surface area contributed by atoms with Gasteiger partial charge in [-0.05, 0) is 43.4 Å². The molecule has 3 fully saturated rings. The zero-order valence-corrected chi connectivity index (χ0v) is 17.1. The number of likely N-dealkylation sites (tertiary alicyclic amines) is 1. The molecule has 2 saturated heterocycles. The van der Waals surface area contributed by atoms with Crippen LogP contribution >= 0.6 is 22.9 Å². The SMILES string of the molecule is O=C(N1CCC2(CC1)CC(O)(c1nccs1)CO2)C1(c2ccc(Cl)cc2)CC1. The summed E-state index contributed by atoms with van der Waals surface area (Å²) in [5.74, 6) is 0.220. The average molecular weight is 419 g/mol. The summed E-state index contributed by atoms with van der Waals surface area (Å²) in [5, 5.41) is 14.3. The van der Waals surface area contributed by atoms with Gasteiger partial charge in [-0.2, -0.15) is 0 Å². The molecule has 1 unspecified atom stereocenters. The zero-order chi connectivity index (χ0) is 19.4. The van der Waals surface area contributed by atoms with Gasteiger partial charge in [0, 0.05) is 36.1 Å². The molecule has 1 saturated carbocycles. The quantitative estimate of drug-likeness (QED) is 0.828. The van der Waals surface area contributed by atoms with Gasteiger partial charge in [0.25, 0.3) is 0 Å². The lowest BCUT2D eigenvalue weighted by Crippen LogP contribution is -2.49. The van der Waals surface area contributed by atoms with Gasteiger partial charge in [-0.25, -0.2) is 4.98 Å². The van der Waals surface area contributed by atoms with E-state index in [-0.39, 0.29) is 23.5 Å². The molecule has 2 aromatic rings. The molecule has 1 aromatic heterocycles. The molecule has 5 nitrogen and oxygen atoms in total. The van der Waals surface area contributed by atoms with Crippen LogP contribution in [0.15, 0.2) is 35.8 Å². The van der Waals surface area contributed by atoms with Gasteiger partial charge in [0.15, 0.2) is 0 Å². The number of ether oxygens (including phenoxy) is 1. The molecule has 1 amide bonds. The number of aliphatic hydroxyl groups is 1. The van der Waals surface area contributed by atoms with E-state index in [1.807, 2.05) is 34.5 Å². The number of rotatable bonds is 3. The van der Waals surface area contributed by atoms with E-state index < -0.39 is 5.60 Å². The number of carbonyl (C=O) groups excluding carboxylic acids is 1. The number of piperidine rings is 1. The number of hydrogen-bond donors (Lipinski definition) is 1. The van der Waals surface area contributed by atoms with Crippen LogP contribution in [0.5, 0.6) is 0 Å². The molecule has 1 aromatic carbocycles. The van der Waals surface area contributed by atoms with Crippen LogP contribution in [0, 0.1) is 0 Å². The number of thiazole rings is 1. The number of hydrogen-bond acceptors (Lipinski definition) is 5. The lowest BCUT2D eigenvalue weighted by atomic mass is 9.83. The van der Waals surface area contributed by atoms with Crippen molar-refractivity contribution in [3.8, 4) is 0 Å². The maximum absolute atomic E-state index is 13.3. The van der Waals surface area contributed by atoms with Crippen molar-refractivity contribution in [1.29, 1.82) is 0 Å². The van der Waals surface area contributed by atoms with E-state index in [0.29, 0.717) is 24.5 Å². The van der Waals surface area contributed by atoms with Crippen molar-refractivity contribution in [2.24, 2.45) is 0 Å². The summed E-state index contributed by atoms with van der Waals surface area (Å²) in [7, 11) is 0. The zero-order valence-electron chi connectivity index (χ0n) is 15.6. The number of amides is 1. The Bertz CT molecular complexity index is 874. The molecule has 0 bridgehead atoms. The number of carbonyl (C=O) groups is 1. The predicted molar refractivity (Wildman–Crippen MR) is 107 cm³/mol. The first-order valence-corrected chi connectivity index (χ1v) is 11.0. The van der Waals surface area contributed by atoms with Crippen molar-refractivity contribution in [3.63, 3.8) is 0 Å². The maximum Gasteiger partial charge on any atom is 0.233 e. The van der Waals surface area contributed by atoms with Gasteiger partial charge in [0.05, 0.1) is 17.6 Å². The Balaban J connectivity index is 1.26. The molecule has 0 radical (unpaired) electrons. The molecule has 7 heteroatoms. The minimum Gasteiger partial charge on any atom is -0.380 e. The van der Waals surface area contributed by atoms with Crippen LogP contribution in [0.1, 0.15) is 42.7 Å². The second-order valence-electron chi connectivity index (χ2n) is 8.40. The molecule has 28 heavy (non-hydrogen) atoms. The standard InChI is InChI=1S/C21H23ClN2O3S/c22-16-3-1-15(2-4-16)20(5-6-20)18(25)24-10-7-19(8-11-24)13-21(26,14-27-19)17-23-9-12-28-17/h1-4,9,12,26H,5-8,10-11,13-14H2. The van der Waals surface area contributed by atoms with Crippen molar-refractivity contribution in [1.82, 2.24) is 9.88 Å². The molecule has 2 aliphatic heterocycles. The van der Waals surface area contributed by atoms with Gasteiger partial charge in [-0.1, -0.05) is 23.7 Å². The lowest BCUT2D eigenvalue weighted by molar-refractivity contribution is -0.138. The Morgan fingerprint density at radius 1 is 1.18 bits per heavy atom. The van der Waals surface area contributed by atoms with Gasteiger partial charge in [0.1, 0.15) is 10.6 Å². The lowest BCUT2D eigenvalue weighted by Gasteiger charge is -2.40. The van der Waals surface area contributed by atoms with Crippen LogP contribution < -0.4 is 0 Å². The summed E-state index contributed by atoms with van der Waals surface area (Å²) in [6.45, 7) is 1.62. The molecule has 3 heterocycles. The molecule has 1 atom stereocenters. The smallest absolute Gasteiger partial charge is 0.233 e. The summed E-state index contributed by atoms with van der Waals surface area (Å²) < 4.78 is 6.11. The van der Waals surface area contributed by atoms with E-state index >= 15 is 0 Å². The highest BCUT2D eigenvalue weighted by Crippen LogP contribution is 2.51. The summed E-state index contributed by atoms with van der Waals surface area (Å²) >= 11 is 7.47. The maximum atomic E-state index is 13.3. The summed E-state index contributed by atoms with van der Waals surface area (Å²) in [6.07, 6.45) is 5.57. The van der Waals surface area contributed by atoms with E-state index in [1.165, 1.54) is 11.3 Å². The fourth-order valence-corrected chi connectivity index (χ4v) is 5.61. The van der Waals surface area contributed by atoms with Crippen LogP contribution in [0.25, 0.3) is 0 Å². The van der Waals surface area contributed by atoms with E-state index in [9.17, 15) is 9.90 Å². The Kier molecular flexibility index (Phi) is 4.32. The van der Waals surface area contributed by atoms with Gasteiger partial charge in [-0.15, -0.1) is 11.3 Å². The monoisotopic (exact) mass is 418 g/mol. The summed E-state index contributed by atoms with van der Waals surface area (Å²) in [6, 6.07) is 7.68. The van der Waals surface area contributed by atoms with E-state index in [0.717, 1.165) is 36.3 Å². The average Bonchev–Trinajstić information content (AvgIpc) is 3.17. The van der Waals surface area contributed by atoms with Crippen LogP contribution in [0.4, 0.5) is 0 Å². The van der Waals surface area contributed by atoms with Crippen LogP contribution in [0.3, 0.4) is 0 Å². The van der Waals surface area contributed by atoms with Gasteiger partial charge < -0.3 is 14.7 Å². The van der Waals surface area contributed by atoms with Crippen LogP contribution in [0.2, 0.25) is 5.02 Å². The highest BCUT2D eigenvalue weighted by atomic mass is 35.5. The molecular formula is C21H23ClN2O3S. The molecule has 148 valence electrons. The van der Waals surface area contributed by atoms with Crippen molar-refractivity contribution in [2.45, 2.75) is 48.7 Å². The van der Waals surface area contributed by atoms with Crippen molar-refractivity contribution in [2.75, 3.05) is 19.7 Å². The topological polar surface area (TPSA) is 62.7 Å². The van der Waals surface area contributed by atoms with Crippen LogP contribution in [-0.2, 0) is 20.5 Å². The molecule has 5 rings (SSSR count). The third-order valence-electron chi connectivity index (χ3n) is 6.58. The second-order valence-corrected chi connectivity index (χ2v) is 9.73. The number of halogens is 1.